The van der Waals surface area contributed by atoms with Crippen LogP contribution in [0.5, 0.6) is 0 Å². The van der Waals surface area contributed by atoms with E-state index in [1.165, 1.54) is 42.3 Å². The molecule has 5 rings (SSSR count). The lowest BCUT2D eigenvalue weighted by Gasteiger charge is -2.33. The third-order valence-electron chi connectivity index (χ3n) is 7.57. The smallest absolute Gasteiger partial charge is 0.223 e. The summed E-state index contributed by atoms with van der Waals surface area (Å²) in [6.45, 7) is 4.73. The summed E-state index contributed by atoms with van der Waals surface area (Å²) < 4.78 is 2.35. The second-order valence-electron chi connectivity index (χ2n) is 9.87. The average molecular weight is 445 g/mol. The van der Waals surface area contributed by atoms with Gasteiger partial charge in [0.25, 0.3) is 0 Å². The SMILES string of the molecule is Cc1ccccc1Cn1c(N2CCC(C(=O)NC3CCCCCC3)CC2)nc2ccccc21. The number of hydrogen-bond donors (Lipinski definition) is 1. The van der Waals surface area contributed by atoms with Gasteiger partial charge < -0.3 is 14.8 Å². The first-order chi connectivity index (χ1) is 16.2. The number of aromatic nitrogens is 2. The number of anilines is 1. The van der Waals surface area contributed by atoms with Crippen molar-refractivity contribution in [2.24, 2.45) is 5.92 Å². The number of benzene rings is 2. The van der Waals surface area contributed by atoms with Crippen LogP contribution >= 0.6 is 0 Å². The fraction of sp³-hybridized carbons (Fsp3) is 0.500. The van der Waals surface area contributed by atoms with Gasteiger partial charge in [-0.3, -0.25) is 4.79 Å². The summed E-state index contributed by atoms with van der Waals surface area (Å²) in [6.07, 6.45) is 9.21. The van der Waals surface area contributed by atoms with Crippen molar-refractivity contribution in [3.63, 3.8) is 0 Å². The van der Waals surface area contributed by atoms with Gasteiger partial charge in [0.05, 0.1) is 17.6 Å². The van der Waals surface area contributed by atoms with E-state index in [0.717, 1.165) is 56.8 Å². The number of hydrogen-bond acceptors (Lipinski definition) is 3. The number of amides is 1. The topological polar surface area (TPSA) is 50.2 Å². The van der Waals surface area contributed by atoms with Gasteiger partial charge in [-0.15, -0.1) is 0 Å². The van der Waals surface area contributed by atoms with Gasteiger partial charge in [0.2, 0.25) is 11.9 Å². The maximum Gasteiger partial charge on any atom is 0.223 e. The number of carbonyl (C=O) groups is 1. The molecule has 0 radical (unpaired) electrons. The molecule has 1 saturated heterocycles. The fourth-order valence-electron chi connectivity index (χ4n) is 5.50. The van der Waals surface area contributed by atoms with Gasteiger partial charge in [-0.25, -0.2) is 4.98 Å². The Hall–Kier alpha value is -2.82. The van der Waals surface area contributed by atoms with Crippen LogP contribution in [0.4, 0.5) is 5.95 Å². The molecule has 2 aromatic carbocycles. The number of carbonyl (C=O) groups excluding carboxylic acids is 1. The number of piperidine rings is 1. The van der Waals surface area contributed by atoms with Gasteiger partial charge in [0.1, 0.15) is 0 Å². The molecule has 5 heteroatoms. The first-order valence-electron chi connectivity index (χ1n) is 12.7. The first kappa shape index (κ1) is 22.0. The van der Waals surface area contributed by atoms with E-state index in [-0.39, 0.29) is 11.8 Å². The van der Waals surface area contributed by atoms with Gasteiger partial charge in [0.15, 0.2) is 0 Å². The Labute approximate surface area is 197 Å². The van der Waals surface area contributed by atoms with Crippen LogP contribution in [0.3, 0.4) is 0 Å². The van der Waals surface area contributed by atoms with E-state index >= 15 is 0 Å². The number of imidazole rings is 1. The van der Waals surface area contributed by atoms with Crippen LogP contribution in [0.15, 0.2) is 48.5 Å². The molecule has 1 aliphatic carbocycles. The molecule has 1 aliphatic heterocycles. The van der Waals surface area contributed by atoms with Gasteiger partial charge in [-0.2, -0.15) is 0 Å². The molecule has 2 fully saturated rings. The predicted octanol–water partition coefficient (Wildman–Crippen LogP) is 5.45. The van der Waals surface area contributed by atoms with Crippen molar-refractivity contribution in [2.75, 3.05) is 18.0 Å². The molecule has 1 N–H and O–H groups in total. The Bertz CT molecular complexity index is 1090. The molecular weight excluding hydrogens is 408 g/mol. The summed E-state index contributed by atoms with van der Waals surface area (Å²) in [6, 6.07) is 17.4. The molecule has 1 amide bonds. The van der Waals surface area contributed by atoms with E-state index in [9.17, 15) is 4.79 Å². The minimum Gasteiger partial charge on any atom is -0.353 e. The second kappa shape index (κ2) is 9.98. The summed E-state index contributed by atoms with van der Waals surface area (Å²) >= 11 is 0. The maximum atomic E-state index is 13.0. The maximum absolute atomic E-state index is 13.0. The minimum absolute atomic E-state index is 0.124. The summed E-state index contributed by atoms with van der Waals surface area (Å²) in [5.74, 6) is 1.43. The van der Waals surface area contributed by atoms with Crippen molar-refractivity contribution < 1.29 is 4.79 Å². The van der Waals surface area contributed by atoms with Gasteiger partial charge >= 0.3 is 0 Å². The number of aryl methyl sites for hydroxylation is 1. The zero-order valence-electron chi connectivity index (χ0n) is 19.8. The Kier molecular flexibility index (Phi) is 6.65. The van der Waals surface area contributed by atoms with Crippen LogP contribution in [-0.4, -0.2) is 34.6 Å². The molecule has 2 aliphatic rings. The van der Waals surface area contributed by atoms with Crippen molar-refractivity contribution in [3.8, 4) is 0 Å². The highest BCUT2D eigenvalue weighted by Gasteiger charge is 2.29. The molecule has 1 saturated carbocycles. The van der Waals surface area contributed by atoms with Crippen molar-refractivity contribution in [3.05, 3.63) is 59.7 Å². The highest BCUT2D eigenvalue weighted by molar-refractivity contribution is 5.80. The van der Waals surface area contributed by atoms with Crippen LogP contribution in [0, 0.1) is 12.8 Å². The zero-order valence-corrected chi connectivity index (χ0v) is 19.8. The van der Waals surface area contributed by atoms with E-state index < -0.39 is 0 Å². The monoisotopic (exact) mass is 444 g/mol. The molecule has 2 heterocycles. The van der Waals surface area contributed by atoms with Crippen molar-refractivity contribution >= 4 is 22.9 Å². The van der Waals surface area contributed by atoms with Gasteiger partial charge in [0, 0.05) is 25.0 Å². The summed E-state index contributed by atoms with van der Waals surface area (Å²) in [7, 11) is 0. The summed E-state index contributed by atoms with van der Waals surface area (Å²) in [4.78, 5) is 20.4. The molecule has 5 nitrogen and oxygen atoms in total. The van der Waals surface area contributed by atoms with Crippen molar-refractivity contribution in [1.29, 1.82) is 0 Å². The lowest BCUT2D eigenvalue weighted by Crippen LogP contribution is -2.44. The number of para-hydroxylation sites is 2. The molecule has 33 heavy (non-hydrogen) atoms. The lowest BCUT2D eigenvalue weighted by molar-refractivity contribution is -0.126. The minimum atomic E-state index is 0.124. The van der Waals surface area contributed by atoms with Crippen molar-refractivity contribution in [2.45, 2.75) is 70.9 Å². The molecule has 3 aromatic rings. The summed E-state index contributed by atoms with van der Waals surface area (Å²) in [5.41, 5.74) is 4.83. The van der Waals surface area contributed by atoms with Gasteiger partial charge in [-0.05, 0) is 55.9 Å². The molecular formula is C28H36N4O. The van der Waals surface area contributed by atoms with Crippen LogP contribution in [-0.2, 0) is 11.3 Å². The molecule has 0 unspecified atom stereocenters. The van der Waals surface area contributed by atoms with Gasteiger partial charge in [-0.1, -0.05) is 62.1 Å². The fourth-order valence-corrected chi connectivity index (χ4v) is 5.50. The van der Waals surface area contributed by atoms with E-state index in [1.54, 1.807) is 0 Å². The van der Waals surface area contributed by atoms with E-state index in [1.807, 2.05) is 0 Å². The van der Waals surface area contributed by atoms with Crippen LogP contribution < -0.4 is 10.2 Å². The molecule has 0 bridgehead atoms. The van der Waals surface area contributed by atoms with Crippen molar-refractivity contribution in [1.82, 2.24) is 14.9 Å². The number of nitrogens with one attached hydrogen (secondary N) is 1. The number of nitrogens with zero attached hydrogens (tertiary/aromatic N) is 3. The number of fused-ring (bicyclic) bond motifs is 1. The normalized spacial score (nSPS) is 18.4. The quantitative estimate of drug-likeness (QED) is 0.533. The zero-order chi connectivity index (χ0) is 22.6. The Morgan fingerprint density at radius 3 is 2.39 bits per heavy atom. The highest BCUT2D eigenvalue weighted by atomic mass is 16.1. The first-order valence-corrected chi connectivity index (χ1v) is 12.7. The van der Waals surface area contributed by atoms with E-state index in [4.69, 9.17) is 4.98 Å². The summed E-state index contributed by atoms with van der Waals surface area (Å²) in [5, 5.41) is 3.38. The average Bonchev–Trinajstić information content (AvgIpc) is 3.00. The Balaban J connectivity index is 1.30. The predicted molar refractivity (Wildman–Crippen MR) is 135 cm³/mol. The van der Waals surface area contributed by atoms with E-state index in [0.29, 0.717) is 6.04 Å². The van der Waals surface area contributed by atoms with Crippen LogP contribution in [0.25, 0.3) is 11.0 Å². The third-order valence-corrected chi connectivity index (χ3v) is 7.57. The molecule has 0 spiro atoms. The number of rotatable bonds is 5. The molecule has 1 aromatic heterocycles. The Morgan fingerprint density at radius 2 is 1.64 bits per heavy atom. The standard InChI is InChI=1S/C28H36N4O/c1-21-10-6-7-11-23(21)20-32-26-15-9-8-14-25(26)30-28(32)31-18-16-22(17-19-31)27(33)29-24-12-4-2-3-5-13-24/h6-11,14-15,22,24H,2-5,12-13,16-20H2,1H3,(H,29,33). The largest absolute Gasteiger partial charge is 0.353 e. The van der Waals surface area contributed by atoms with E-state index in [2.05, 4.69) is 70.2 Å². The van der Waals surface area contributed by atoms with Crippen LogP contribution in [0.1, 0.15) is 62.5 Å². The molecule has 0 atom stereocenters. The Morgan fingerprint density at radius 1 is 0.939 bits per heavy atom. The lowest BCUT2D eigenvalue weighted by atomic mass is 9.95. The third kappa shape index (κ3) is 4.92. The van der Waals surface area contributed by atoms with Crippen LogP contribution in [0.2, 0.25) is 0 Å². The highest BCUT2D eigenvalue weighted by Crippen LogP contribution is 2.29. The second-order valence-corrected chi connectivity index (χ2v) is 9.87. The molecule has 174 valence electrons.